The van der Waals surface area contributed by atoms with Crippen molar-refractivity contribution < 1.29 is 18.0 Å². The van der Waals surface area contributed by atoms with Gasteiger partial charge in [-0.3, -0.25) is 4.79 Å². The Morgan fingerprint density at radius 3 is 2.31 bits per heavy atom. The van der Waals surface area contributed by atoms with E-state index < -0.39 is 17.6 Å². The largest absolute Gasteiger partial charge is 0.416 e. The second-order valence-electron chi connectivity index (χ2n) is 6.65. The van der Waals surface area contributed by atoms with E-state index >= 15 is 0 Å². The predicted molar refractivity (Wildman–Crippen MR) is 105 cm³/mol. The van der Waals surface area contributed by atoms with E-state index in [9.17, 15) is 18.0 Å². The summed E-state index contributed by atoms with van der Waals surface area (Å²) < 4.78 is 39.8. The highest BCUT2D eigenvalue weighted by atomic mass is 19.4. The number of carbonyl (C=O) groups is 1. The first-order valence-electron chi connectivity index (χ1n) is 8.85. The number of nitrogens with one attached hydrogen (secondary N) is 1. The number of pyridine rings is 1. The normalized spacial score (nSPS) is 11.6. The van der Waals surface area contributed by atoms with Crippen LogP contribution in [0.1, 0.15) is 21.5 Å². The van der Waals surface area contributed by atoms with Gasteiger partial charge in [-0.05, 0) is 55.0 Å². The fraction of sp³-hybridized carbons (Fsp3) is 0.0909. The van der Waals surface area contributed by atoms with Crippen molar-refractivity contribution >= 4 is 17.2 Å². The first-order chi connectivity index (χ1) is 13.8. The molecule has 0 radical (unpaired) electrons. The van der Waals surface area contributed by atoms with Crippen LogP contribution in [0, 0.1) is 6.92 Å². The van der Waals surface area contributed by atoms with Gasteiger partial charge in [0, 0.05) is 29.2 Å². The molecule has 0 aliphatic heterocycles. The summed E-state index contributed by atoms with van der Waals surface area (Å²) in [5.41, 5.74) is 3.54. The van der Waals surface area contributed by atoms with Crippen LogP contribution in [0.4, 0.5) is 18.9 Å². The van der Waals surface area contributed by atoms with Crippen molar-refractivity contribution in [3.63, 3.8) is 0 Å². The molecule has 1 N–H and O–H groups in total. The number of benzene rings is 2. The monoisotopic (exact) mass is 395 g/mol. The number of aryl methyl sites for hydroxylation is 1. The highest BCUT2D eigenvalue weighted by Gasteiger charge is 2.30. The number of alkyl halides is 3. The molecule has 4 rings (SSSR count). The van der Waals surface area contributed by atoms with E-state index in [-0.39, 0.29) is 5.56 Å². The third-order valence-corrected chi connectivity index (χ3v) is 4.59. The lowest BCUT2D eigenvalue weighted by atomic mass is 10.1. The van der Waals surface area contributed by atoms with Crippen molar-refractivity contribution in [2.75, 3.05) is 5.32 Å². The number of anilines is 1. The van der Waals surface area contributed by atoms with Crippen LogP contribution in [-0.4, -0.2) is 15.3 Å². The number of halogens is 3. The van der Waals surface area contributed by atoms with E-state index in [4.69, 9.17) is 0 Å². The van der Waals surface area contributed by atoms with Gasteiger partial charge in [0.2, 0.25) is 0 Å². The minimum atomic E-state index is -4.43. The van der Waals surface area contributed by atoms with E-state index in [0.29, 0.717) is 5.69 Å². The highest BCUT2D eigenvalue weighted by molar-refractivity contribution is 6.04. The maximum absolute atomic E-state index is 12.6. The SMILES string of the molecule is Cc1cccn2cc(-c3ccc(NC(=O)c4ccc(C(F)(F)F)cc4)cc3)nc12. The number of hydrogen-bond acceptors (Lipinski definition) is 2. The van der Waals surface area contributed by atoms with Crippen molar-refractivity contribution in [2.45, 2.75) is 13.1 Å². The summed E-state index contributed by atoms with van der Waals surface area (Å²) in [6.07, 6.45) is -0.573. The van der Waals surface area contributed by atoms with Crippen LogP contribution < -0.4 is 5.32 Å². The molecule has 4 aromatic rings. The molecule has 1 amide bonds. The Morgan fingerprint density at radius 2 is 1.69 bits per heavy atom. The van der Waals surface area contributed by atoms with Crippen LogP contribution in [0.15, 0.2) is 73.1 Å². The van der Waals surface area contributed by atoms with Gasteiger partial charge in [0.15, 0.2) is 0 Å². The van der Waals surface area contributed by atoms with Gasteiger partial charge in [0.25, 0.3) is 5.91 Å². The predicted octanol–water partition coefficient (Wildman–Crippen LogP) is 5.58. The van der Waals surface area contributed by atoms with Crippen LogP contribution in [0.2, 0.25) is 0 Å². The number of carbonyl (C=O) groups excluding carboxylic acids is 1. The lowest BCUT2D eigenvalue weighted by molar-refractivity contribution is -0.137. The van der Waals surface area contributed by atoms with E-state index in [1.807, 2.05) is 48.0 Å². The molecule has 2 aromatic carbocycles. The molecule has 0 saturated heterocycles. The minimum Gasteiger partial charge on any atom is -0.322 e. The maximum atomic E-state index is 12.6. The van der Waals surface area contributed by atoms with Gasteiger partial charge in [0.1, 0.15) is 5.65 Å². The van der Waals surface area contributed by atoms with Crippen LogP contribution in [0.3, 0.4) is 0 Å². The number of rotatable bonds is 3. The molecule has 7 heteroatoms. The zero-order valence-corrected chi connectivity index (χ0v) is 15.4. The molecule has 0 aliphatic carbocycles. The lowest BCUT2D eigenvalue weighted by Crippen LogP contribution is -2.12. The molecule has 4 nitrogen and oxygen atoms in total. The Labute approximate surface area is 164 Å². The molecule has 0 atom stereocenters. The third kappa shape index (κ3) is 3.85. The molecule has 0 fully saturated rings. The summed E-state index contributed by atoms with van der Waals surface area (Å²) in [6, 6.07) is 15.2. The summed E-state index contributed by atoms with van der Waals surface area (Å²) in [5, 5.41) is 2.68. The van der Waals surface area contributed by atoms with Crippen LogP contribution in [-0.2, 0) is 6.18 Å². The standard InChI is InChI=1S/C22H16F3N3O/c1-14-3-2-12-28-13-19(27-20(14)28)15-6-10-18(11-7-15)26-21(29)16-4-8-17(9-5-16)22(23,24)25/h2-13H,1H3,(H,26,29). The molecule has 2 heterocycles. The molecule has 0 bridgehead atoms. The first kappa shape index (κ1) is 18.7. The number of hydrogen-bond donors (Lipinski definition) is 1. The van der Waals surface area contributed by atoms with Crippen LogP contribution in [0.25, 0.3) is 16.9 Å². The Bertz CT molecular complexity index is 1180. The Morgan fingerprint density at radius 1 is 1.00 bits per heavy atom. The van der Waals surface area contributed by atoms with Gasteiger partial charge >= 0.3 is 6.18 Å². The zero-order chi connectivity index (χ0) is 20.6. The van der Waals surface area contributed by atoms with Gasteiger partial charge in [-0.25, -0.2) is 4.98 Å². The average Bonchev–Trinajstić information content (AvgIpc) is 3.14. The Balaban J connectivity index is 1.50. The summed E-state index contributed by atoms with van der Waals surface area (Å²) in [4.78, 5) is 16.9. The van der Waals surface area contributed by atoms with Gasteiger partial charge in [-0.15, -0.1) is 0 Å². The van der Waals surface area contributed by atoms with Crippen LogP contribution >= 0.6 is 0 Å². The zero-order valence-electron chi connectivity index (χ0n) is 15.4. The minimum absolute atomic E-state index is 0.151. The smallest absolute Gasteiger partial charge is 0.322 e. The molecule has 0 saturated carbocycles. The summed E-state index contributed by atoms with van der Waals surface area (Å²) >= 11 is 0. The van der Waals surface area contributed by atoms with Crippen molar-refractivity contribution in [1.29, 1.82) is 0 Å². The third-order valence-electron chi connectivity index (χ3n) is 4.59. The van der Waals surface area contributed by atoms with Gasteiger partial charge in [-0.1, -0.05) is 18.2 Å². The Hall–Kier alpha value is -3.61. The van der Waals surface area contributed by atoms with E-state index in [1.165, 1.54) is 0 Å². The topological polar surface area (TPSA) is 46.4 Å². The quantitative estimate of drug-likeness (QED) is 0.492. The van der Waals surface area contributed by atoms with E-state index in [2.05, 4.69) is 10.3 Å². The summed E-state index contributed by atoms with van der Waals surface area (Å²) in [5.74, 6) is -0.477. The fourth-order valence-corrected chi connectivity index (χ4v) is 3.03. The molecule has 0 aliphatic rings. The maximum Gasteiger partial charge on any atom is 0.416 e. The molecule has 0 unspecified atom stereocenters. The number of imidazole rings is 1. The van der Waals surface area contributed by atoms with Crippen molar-refractivity contribution in [3.8, 4) is 11.3 Å². The highest BCUT2D eigenvalue weighted by Crippen LogP contribution is 2.29. The number of nitrogens with zero attached hydrogens (tertiary/aromatic N) is 2. The number of aromatic nitrogens is 2. The van der Waals surface area contributed by atoms with Gasteiger partial charge < -0.3 is 9.72 Å². The van der Waals surface area contributed by atoms with Crippen molar-refractivity contribution in [3.05, 3.63) is 89.7 Å². The molecule has 0 spiro atoms. The molecular formula is C22H16F3N3O. The summed E-state index contributed by atoms with van der Waals surface area (Å²) in [7, 11) is 0. The molecule has 29 heavy (non-hydrogen) atoms. The lowest BCUT2D eigenvalue weighted by Gasteiger charge is -2.08. The molecular weight excluding hydrogens is 379 g/mol. The number of fused-ring (bicyclic) bond motifs is 1. The van der Waals surface area contributed by atoms with Gasteiger partial charge in [-0.2, -0.15) is 13.2 Å². The molecule has 146 valence electrons. The Kier molecular flexibility index (Phi) is 4.58. The van der Waals surface area contributed by atoms with Gasteiger partial charge in [0.05, 0.1) is 11.3 Å². The van der Waals surface area contributed by atoms with Crippen LogP contribution in [0.5, 0.6) is 0 Å². The van der Waals surface area contributed by atoms with Crippen molar-refractivity contribution in [1.82, 2.24) is 9.38 Å². The average molecular weight is 395 g/mol. The molecule has 2 aromatic heterocycles. The summed E-state index contributed by atoms with van der Waals surface area (Å²) in [6.45, 7) is 1.99. The van der Waals surface area contributed by atoms with Crippen molar-refractivity contribution in [2.24, 2.45) is 0 Å². The first-order valence-corrected chi connectivity index (χ1v) is 8.85. The second kappa shape index (κ2) is 7.09. The second-order valence-corrected chi connectivity index (χ2v) is 6.65. The van der Waals surface area contributed by atoms with E-state index in [1.54, 1.807) is 12.1 Å². The van der Waals surface area contributed by atoms with E-state index in [0.717, 1.165) is 46.7 Å². The fourth-order valence-electron chi connectivity index (χ4n) is 3.03. The number of amides is 1.